The normalized spacial score (nSPS) is 20.6. The summed E-state index contributed by atoms with van der Waals surface area (Å²) in [6, 6.07) is 0. The molecule has 0 radical (unpaired) electrons. The van der Waals surface area contributed by atoms with Gasteiger partial charge >= 0.3 is 99.9 Å². The van der Waals surface area contributed by atoms with Crippen LogP contribution >= 0.6 is 0 Å². The van der Waals surface area contributed by atoms with Crippen LogP contribution in [0.5, 0.6) is 0 Å². The molecule has 0 atom stereocenters. The molecule has 2 N–H and O–H groups in total. The van der Waals surface area contributed by atoms with E-state index >= 15 is 0 Å². The summed E-state index contributed by atoms with van der Waals surface area (Å²) < 4.78 is 30.3. The fourth-order valence-electron chi connectivity index (χ4n) is 1.82. The molecule has 0 aromatic carbocycles. The van der Waals surface area contributed by atoms with Gasteiger partial charge in [0.2, 0.25) is 0 Å². The topological polar surface area (TPSA) is 58.9 Å². The van der Waals surface area contributed by atoms with E-state index in [9.17, 15) is 6.37 Å². The first kappa shape index (κ1) is 14.0. The molecule has 0 aliphatic heterocycles. The Morgan fingerprint density at radius 2 is 1.60 bits per heavy atom. The van der Waals surface area contributed by atoms with Gasteiger partial charge in [-0.2, -0.15) is 0 Å². The molecule has 1 aliphatic carbocycles. The second-order valence-corrected chi connectivity index (χ2v) is 14.4. The summed E-state index contributed by atoms with van der Waals surface area (Å²) in [5.41, 5.74) is 0. The molecule has 0 aromatic heterocycles. The minimum absolute atomic E-state index is 0.0147. The molecule has 0 heterocycles. The Kier molecular flexibility index (Phi) is 5.15. The standard InChI is InChI=1S/C6H11O.C3H9OSi.2H2O.Zr/c7-6-4-2-1-3-5-6;1-5(2,3)4;;;/h6H,1-5H2;1-3H3;2*1H2;/q2*-1;;;+4/p-2. The first-order valence-electron chi connectivity index (χ1n) is 5.61. The summed E-state index contributed by atoms with van der Waals surface area (Å²) in [6.45, 7) is 5.82. The van der Waals surface area contributed by atoms with Crippen LogP contribution in [-0.4, -0.2) is 20.8 Å². The van der Waals surface area contributed by atoms with Crippen LogP contribution < -0.4 is 0 Å². The van der Waals surface area contributed by atoms with Crippen molar-refractivity contribution in [3.8, 4) is 0 Å². The molecule has 0 unspecified atom stereocenters. The van der Waals surface area contributed by atoms with E-state index < -0.39 is 30.3 Å². The van der Waals surface area contributed by atoms with Crippen LogP contribution in [0.25, 0.3) is 0 Å². The van der Waals surface area contributed by atoms with Crippen LogP contribution in [0.1, 0.15) is 32.1 Å². The van der Waals surface area contributed by atoms with Gasteiger partial charge in [-0.15, -0.1) is 0 Å². The average molecular weight is 314 g/mol. The van der Waals surface area contributed by atoms with Gasteiger partial charge in [0.1, 0.15) is 0 Å². The van der Waals surface area contributed by atoms with Crippen LogP contribution in [0.3, 0.4) is 0 Å². The van der Waals surface area contributed by atoms with Gasteiger partial charge < -0.3 is 0 Å². The first-order chi connectivity index (χ1) is 6.79. The zero-order chi connectivity index (χ0) is 11.5. The Balaban J connectivity index is 2.40. The molecule has 15 heavy (non-hydrogen) atoms. The molecule has 1 rings (SSSR count). The number of hydrogen-bond donors (Lipinski definition) is 2. The average Bonchev–Trinajstić information content (AvgIpc) is 1.99. The number of rotatable bonds is 4. The fraction of sp³-hybridized carbons (Fsp3) is 1.00. The van der Waals surface area contributed by atoms with Gasteiger partial charge in [0, 0.05) is 0 Å². The molecule has 0 bridgehead atoms. The molecule has 6 heteroatoms. The summed E-state index contributed by atoms with van der Waals surface area (Å²) in [6.07, 6.45) is 5.37. The Labute approximate surface area is 99.6 Å². The van der Waals surface area contributed by atoms with Crippen molar-refractivity contribution in [3.05, 3.63) is 0 Å². The van der Waals surface area contributed by atoms with Crippen molar-refractivity contribution in [2.24, 2.45) is 0 Å². The third-order valence-corrected chi connectivity index (χ3v) is 11.2. The van der Waals surface area contributed by atoms with E-state index in [1.165, 1.54) is 6.42 Å². The van der Waals surface area contributed by atoms with Gasteiger partial charge in [-0.25, -0.2) is 0 Å². The van der Waals surface area contributed by atoms with E-state index in [0.29, 0.717) is 0 Å². The molecule has 0 aromatic rings. The van der Waals surface area contributed by atoms with Crippen molar-refractivity contribution in [2.75, 3.05) is 0 Å². The minimum atomic E-state index is -4.62. The third-order valence-electron chi connectivity index (χ3n) is 2.31. The molecule has 0 amide bonds. The van der Waals surface area contributed by atoms with Crippen molar-refractivity contribution in [1.82, 2.24) is 0 Å². The molecule has 4 nitrogen and oxygen atoms in total. The Hall–Kier alpha value is 0.940. The van der Waals surface area contributed by atoms with Crippen molar-refractivity contribution in [1.29, 1.82) is 0 Å². The molecule has 90 valence electrons. The first-order valence-corrected chi connectivity index (χ1v) is 13.2. The Morgan fingerprint density at radius 3 is 2.07 bits per heavy atom. The van der Waals surface area contributed by atoms with Crippen molar-refractivity contribution in [3.63, 3.8) is 0 Å². The number of hydrogen-bond acceptors (Lipinski definition) is 4. The van der Waals surface area contributed by atoms with Crippen molar-refractivity contribution in [2.45, 2.75) is 57.8 Å². The molecule has 0 saturated heterocycles. The van der Waals surface area contributed by atoms with Crippen LogP contribution in [0.4, 0.5) is 0 Å². The molecular formula is C9H22O4SiZr. The maximum atomic E-state index is 9.76. The predicted molar refractivity (Wildman–Crippen MR) is 56.8 cm³/mol. The SMILES string of the molecule is C[Si](C)(C)[O][Zr]([OH])([OH])[O]C1CCCCC1. The molecule has 1 fully saturated rings. The predicted octanol–water partition coefficient (Wildman–Crippen LogP) is 1.99. The van der Waals surface area contributed by atoms with Gasteiger partial charge in [-0.1, -0.05) is 0 Å². The van der Waals surface area contributed by atoms with Gasteiger partial charge in [0.05, 0.1) is 0 Å². The third kappa shape index (κ3) is 6.29. The summed E-state index contributed by atoms with van der Waals surface area (Å²) >= 11 is -4.62. The Morgan fingerprint density at radius 1 is 1.07 bits per heavy atom. The quantitative estimate of drug-likeness (QED) is 0.779. The van der Waals surface area contributed by atoms with E-state index in [4.69, 9.17) is 5.32 Å². The van der Waals surface area contributed by atoms with Gasteiger partial charge in [-0.05, 0) is 0 Å². The molecule has 1 saturated carbocycles. The van der Waals surface area contributed by atoms with Crippen molar-refractivity contribution < 1.29 is 33.7 Å². The van der Waals surface area contributed by atoms with Crippen molar-refractivity contribution >= 4 is 8.32 Å². The molecular weight excluding hydrogens is 291 g/mol. The van der Waals surface area contributed by atoms with E-state index in [1.807, 2.05) is 19.6 Å². The van der Waals surface area contributed by atoms with Crippen LogP contribution in [0.15, 0.2) is 0 Å². The Bertz CT molecular complexity index is 199. The van der Waals surface area contributed by atoms with Crippen LogP contribution in [0.2, 0.25) is 19.6 Å². The summed E-state index contributed by atoms with van der Waals surface area (Å²) in [7, 11) is -1.91. The van der Waals surface area contributed by atoms with Gasteiger partial charge in [-0.3, -0.25) is 0 Å². The maximum absolute atomic E-state index is 9.76. The second-order valence-electron chi connectivity index (χ2n) is 5.14. The van der Waals surface area contributed by atoms with E-state index in [0.717, 1.165) is 25.7 Å². The zero-order valence-electron chi connectivity index (χ0n) is 9.82. The monoisotopic (exact) mass is 312 g/mol. The van der Waals surface area contributed by atoms with E-state index in [-0.39, 0.29) is 6.10 Å². The van der Waals surface area contributed by atoms with Gasteiger partial charge in [0.15, 0.2) is 0 Å². The van der Waals surface area contributed by atoms with Crippen LogP contribution in [0, 0.1) is 0 Å². The van der Waals surface area contributed by atoms with Crippen LogP contribution in [-0.2, 0) is 27.3 Å². The molecule has 1 aliphatic rings. The summed E-state index contributed by atoms with van der Waals surface area (Å²) in [4.78, 5) is 0. The van der Waals surface area contributed by atoms with E-state index in [1.54, 1.807) is 0 Å². The zero-order valence-corrected chi connectivity index (χ0v) is 13.3. The second kappa shape index (κ2) is 5.52. The van der Waals surface area contributed by atoms with E-state index in [2.05, 4.69) is 0 Å². The fourth-order valence-corrected chi connectivity index (χ4v) is 10.6. The van der Waals surface area contributed by atoms with Gasteiger partial charge in [0.25, 0.3) is 0 Å². The summed E-state index contributed by atoms with van der Waals surface area (Å²) in [5.74, 6) is 0. The summed E-state index contributed by atoms with van der Waals surface area (Å²) in [5, 5.41) is 0. The molecule has 0 spiro atoms.